The average Bonchev–Trinajstić information content (AvgIpc) is 2.97. The van der Waals surface area contributed by atoms with Gasteiger partial charge in [0.05, 0.1) is 29.2 Å². The Morgan fingerprint density at radius 1 is 1.23 bits per heavy atom. The van der Waals surface area contributed by atoms with Gasteiger partial charge in [0.1, 0.15) is 5.75 Å². The predicted molar refractivity (Wildman–Crippen MR) is 103 cm³/mol. The van der Waals surface area contributed by atoms with Crippen molar-refractivity contribution in [3.63, 3.8) is 0 Å². The maximum absolute atomic E-state index is 10.5. The molecular weight excluding hydrogens is 328 g/mol. The van der Waals surface area contributed by atoms with Crippen molar-refractivity contribution in [2.75, 3.05) is 12.8 Å². The van der Waals surface area contributed by atoms with Crippen molar-refractivity contribution < 1.29 is 9.84 Å². The molecule has 132 valence electrons. The fourth-order valence-corrected chi connectivity index (χ4v) is 3.40. The Labute approximate surface area is 150 Å². The lowest BCUT2D eigenvalue weighted by molar-refractivity contribution is 0.416. The van der Waals surface area contributed by atoms with Crippen LogP contribution in [0.3, 0.4) is 0 Å². The summed E-state index contributed by atoms with van der Waals surface area (Å²) in [6.07, 6.45) is 6.21. The van der Waals surface area contributed by atoms with Crippen molar-refractivity contribution in [3.05, 3.63) is 42.9 Å². The molecule has 0 saturated carbocycles. The highest BCUT2D eigenvalue weighted by Crippen LogP contribution is 2.40. The van der Waals surface area contributed by atoms with Gasteiger partial charge in [-0.15, -0.1) is 0 Å². The van der Waals surface area contributed by atoms with E-state index >= 15 is 0 Å². The smallest absolute Gasteiger partial charge is 0.202 e. The number of aromatic nitrogens is 3. The molecule has 3 heterocycles. The van der Waals surface area contributed by atoms with Crippen LogP contribution in [0.15, 0.2) is 42.9 Å². The molecular formula is C20H20N4O2. The van der Waals surface area contributed by atoms with Gasteiger partial charge in [-0.2, -0.15) is 0 Å². The van der Waals surface area contributed by atoms with Gasteiger partial charge < -0.3 is 20.1 Å². The quantitative estimate of drug-likeness (QED) is 0.583. The van der Waals surface area contributed by atoms with Crippen molar-refractivity contribution in [1.29, 1.82) is 0 Å². The number of rotatable bonds is 4. The van der Waals surface area contributed by atoms with E-state index in [4.69, 9.17) is 15.5 Å². The second-order valence-electron chi connectivity index (χ2n) is 6.21. The van der Waals surface area contributed by atoms with Crippen LogP contribution in [0.25, 0.3) is 32.9 Å². The van der Waals surface area contributed by atoms with Crippen LogP contribution in [-0.2, 0) is 6.54 Å². The number of anilines is 1. The number of hydrogen-bond donors (Lipinski definition) is 2. The van der Waals surface area contributed by atoms with Crippen molar-refractivity contribution in [3.8, 4) is 22.8 Å². The van der Waals surface area contributed by atoms with Gasteiger partial charge in [-0.05, 0) is 12.5 Å². The zero-order chi connectivity index (χ0) is 18.3. The number of para-hydroxylation sites is 1. The first kappa shape index (κ1) is 16.2. The molecule has 0 amide bonds. The average molecular weight is 348 g/mol. The minimum Gasteiger partial charge on any atom is -0.496 e. The van der Waals surface area contributed by atoms with E-state index in [0.717, 1.165) is 34.2 Å². The molecule has 0 atom stereocenters. The lowest BCUT2D eigenvalue weighted by Crippen LogP contribution is -1.95. The first-order chi connectivity index (χ1) is 12.7. The number of benzene rings is 1. The van der Waals surface area contributed by atoms with Gasteiger partial charge in [0.15, 0.2) is 0 Å². The minimum absolute atomic E-state index is 0.165. The largest absolute Gasteiger partial charge is 0.496 e. The Hall–Kier alpha value is -3.28. The summed E-state index contributed by atoms with van der Waals surface area (Å²) in [6, 6.07) is 7.64. The van der Waals surface area contributed by atoms with Crippen molar-refractivity contribution in [2.24, 2.45) is 0 Å². The number of hydrogen-bond acceptors (Lipinski definition) is 5. The summed E-state index contributed by atoms with van der Waals surface area (Å²) >= 11 is 0. The van der Waals surface area contributed by atoms with Crippen LogP contribution in [0.1, 0.15) is 13.3 Å². The highest BCUT2D eigenvalue weighted by molar-refractivity contribution is 6.12. The molecule has 0 fully saturated rings. The van der Waals surface area contributed by atoms with E-state index < -0.39 is 0 Å². The Morgan fingerprint density at radius 3 is 2.85 bits per heavy atom. The molecule has 4 rings (SSSR count). The van der Waals surface area contributed by atoms with Crippen LogP contribution in [0.5, 0.6) is 11.6 Å². The lowest BCUT2D eigenvalue weighted by Gasteiger charge is -2.11. The van der Waals surface area contributed by atoms with Gasteiger partial charge in [0, 0.05) is 41.6 Å². The normalized spacial score (nSPS) is 11.3. The number of aryl methyl sites for hydroxylation is 1. The van der Waals surface area contributed by atoms with E-state index in [9.17, 15) is 5.11 Å². The van der Waals surface area contributed by atoms with Crippen LogP contribution in [-0.4, -0.2) is 26.8 Å². The number of pyridine rings is 2. The summed E-state index contributed by atoms with van der Waals surface area (Å²) in [6.45, 7) is 2.77. The third-order valence-electron chi connectivity index (χ3n) is 4.61. The van der Waals surface area contributed by atoms with Gasteiger partial charge in [-0.25, -0.2) is 4.98 Å². The number of nitrogens with zero attached hydrogens (tertiary/aromatic N) is 3. The molecule has 0 spiro atoms. The monoisotopic (exact) mass is 348 g/mol. The van der Waals surface area contributed by atoms with Gasteiger partial charge in [-0.1, -0.05) is 25.1 Å². The fraction of sp³-hybridized carbons (Fsp3) is 0.200. The topological polar surface area (TPSA) is 86.2 Å². The summed E-state index contributed by atoms with van der Waals surface area (Å²) in [4.78, 5) is 9.03. The van der Waals surface area contributed by atoms with Crippen LogP contribution >= 0.6 is 0 Å². The van der Waals surface area contributed by atoms with Crippen LogP contribution in [0, 0.1) is 0 Å². The molecule has 4 aromatic rings. The van der Waals surface area contributed by atoms with Crippen molar-refractivity contribution >= 4 is 27.5 Å². The molecule has 0 radical (unpaired) electrons. The van der Waals surface area contributed by atoms with E-state index in [1.807, 2.05) is 30.5 Å². The summed E-state index contributed by atoms with van der Waals surface area (Å²) in [7, 11) is 1.63. The Morgan fingerprint density at radius 2 is 2.08 bits per heavy atom. The predicted octanol–water partition coefficient (Wildman–Crippen LogP) is 3.96. The summed E-state index contributed by atoms with van der Waals surface area (Å²) < 4.78 is 7.27. The molecule has 0 aliphatic heterocycles. The highest BCUT2D eigenvalue weighted by atomic mass is 16.5. The Kier molecular flexibility index (Phi) is 3.88. The van der Waals surface area contributed by atoms with E-state index in [-0.39, 0.29) is 5.88 Å². The third kappa shape index (κ3) is 2.34. The van der Waals surface area contributed by atoms with E-state index in [0.29, 0.717) is 23.1 Å². The molecule has 6 heteroatoms. The van der Waals surface area contributed by atoms with Crippen LogP contribution in [0.4, 0.5) is 5.69 Å². The number of nitrogens with two attached hydrogens (primary N) is 1. The molecule has 0 bridgehead atoms. The van der Waals surface area contributed by atoms with Gasteiger partial charge in [0.25, 0.3) is 0 Å². The Balaban J connectivity index is 2.07. The van der Waals surface area contributed by atoms with Crippen LogP contribution < -0.4 is 10.5 Å². The number of fused-ring (bicyclic) bond motifs is 2. The molecule has 6 nitrogen and oxygen atoms in total. The number of ether oxygens (including phenoxy) is 1. The number of methoxy groups -OCH3 is 1. The molecule has 1 aromatic carbocycles. The summed E-state index contributed by atoms with van der Waals surface area (Å²) in [5.74, 6) is 0.887. The second-order valence-corrected chi connectivity index (χ2v) is 6.21. The molecule has 3 N–H and O–H groups in total. The molecule has 3 aromatic heterocycles. The van der Waals surface area contributed by atoms with E-state index in [1.165, 1.54) is 0 Å². The van der Waals surface area contributed by atoms with E-state index in [2.05, 4.69) is 11.9 Å². The molecule has 0 saturated heterocycles. The fourth-order valence-electron chi connectivity index (χ4n) is 3.40. The first-order valence-electron chi connectivity index (χ1n) is 8.54. The van der Waals surface area contributed by atoms with Gasteiger partial charge in [-0.3, -0.25) is 4.98 Å². The zero-order valence-corrected chi connectivity index (χ0v) is 14.7. The molecule has 0 aliphatic carbocycles. The van der Waals surface area contributed by atoms with E-state index in [1.54, 1.807) is 24.1 Å². The SMILES string of the molecule is CCCn1cc2nc3c(-c4cnccc4OC)cccc3c(N)c2c1O. The Bertz CT molecular complexity index is 1120. The van der Waals surface area contributed by atoms with Crippen molar-refractivity contribution in [2.45, 2.75) is 19.9 Å². The maximum atomic E-state index is 10.5. The molecule has 26 heavy (non-hydrogen) atoms. The summed E-state index contributed by atoms with van der Waals surface area (Å²) in [5, 5.41) is 11.9. The molecule has 0 unspecified atom stereocenters. The standard InChI is InChI=1S/C20H20N4O2/c1-3-9-24-11-15-17(20(24)25)18(21)13-6-4-5-12(19(13)23-15)14-10-22-8-7-16(14)26-2/h4-8,10-11,25H,3,9,21H2,1-2H3. The zero-order valence-electron chi connectivity index (χ0n) is 14.7. The number of aromatic hydroxyl groups is 1. The molecule has 0 aliphatic rings. The summed E-state index contributed by atoms with van der Waals surface area (Å²) in [5.41, 5.74) is 10.1. The highest BCUT2D eigenvalue weighted by Gasteiger charge is 2.18. The number of nitrogen functional groups attached to an aromatic ring is 1. The van der Waals surface area contributed by atoms with Crippen molar-refractivity contribution in [1.82, 2.24) is 14.5 Å². The minimum atomic E-state index is 0.165. The second kappa shape index (κ2) is 6.22. The lowest BCUT2D eigenvalue weighted by atomic mass is 10.0. The van der Waals surface area contributed by atoms with Gasteiger partial charge >= 0.3 is 0 Å². The maximum Gasteiger partial charge on any atom is 0.202 e. The first-order valence-corrected chi connectivity index (χ1v) is 8.54. The van der Waals surface area contributed by atoms with Gasteiger partial charge in [0.2, 0.25) is 5.88 Å². The van der Waals surface area contributed by atoms with Crippen LogP contribution in [0.2, 0.25) is 0 Å². The third-order valence-corrected chi connectivity index (χ3v) is 4.61.